The number of aromatic nitrogens is 4. The Labute approximate surface area is 95.6 Å². The van der Waals surface area contributed by atoms with Crippen molar-refractivity contribution in [3.8, 4) is 0 Å². The average Bonchev–Trinajstić information content (AvgIpc) is 2.86. The van der Waals surface area contributed by atoms with Crippen LogP contribution in [0.1, 0.15) is 6.42 Å². The van der Waals surface area contributed by atoms with E-state index in [0.29, 0.717) is 0 Å². The van der Waals surface area contributed by atoms with Crippen molar-refractivity contribution in [2.24, 2.45) is 0 Å². The molecule has 0 bridgehead atoms. The SMILES string of the molecule is O=C(O)C1CC(O)CN1C(=O)Cn1cnnn1. The molecule has 92 valence electrons. The van der Waals surface area contributed by atoms with Gasteiger partial charge in [0.1, 0.15) is 18.9 Å². The highest BCUT2D eigenvalue weighted by Gasteiger charge is 2.38. The largest absolute Gasteiger partial charge is 0.480 e. The fraction of sp³-hybridized carbons (Fsp3) is 0.625. The molecule has 1 fully saturated rings. The Bertz CT molecular complexity index is 420. The number of carboxylic acids is 1. The molecule has 17 heavy (non-hydrogen) atoms. The average molecular weight is 241 g/mol. The molecule has 0 radical (unpaired) electrons. The van der Waals surface area contributed by atoms with Crippen molar-refractivity contribution in [3.63, 3.8) is 0 Å². The molecule has 0 aliphatic carbocycles. The molecule has 1 amide bonds. The minimum atomic E-state index is -1.12. The number of hydrogen-bond donors (Lipinski definition) is 2. The first-order valence-electron chi connectivity index (χ1n) is 4.99. The van der Waals surface area contributed by atoms with Gasteiger partial charge in [-0.15, -0.1) is 5.10 Å². The maximum Gasteiger partial charge on any atom is 0.326 e. The number of hydrogen-bond acceptors (Lipinski definition) is 6. The molecule has 2 heterocycles. The number of amides is 1. The van der Waals surface area contributed by atoms with Gasteiger partial charge in [0.25, 0.3) is 0 Å². The summed E-state index contributed by atoms with van der Waals surface area (Å²) in [6.07, 6.45) is 0.519. The van der Waals surface area contributed by atoms with Gasteiger partial charge in [0.15, 0.2) is 0 Å². The first-order valence-corrected chi connectivity index (χ1v) is 4.99. The maximum absolute atomic E-state index is 11.8. The van der Waals surface area contributed by atoms with Crippen LogP contribution in [0.4, 0.5) is 0 Å². The molecule has 1 saturated heterocycles. The highest BCUT2D eigenvalue weighted by Crippen LogP contribution is 2.18. The van der Waals surface area contributed by atoms with Crippen LogP contribution in [0, 0.1) is 0 Å². The molecule has 9 nitrogen and oxygen atoms in total. The molecule has 2 rings (SSSR count). The number of β-amino-alcohol motifs (C(OH)–C–C–N with tert-alkyl or cyclic N) is 1. The Morgan fingerprint density at radius 3 is 2.82 bits per heavy atom. The second kappa shape index (κ2) is 4.45. The summed E-state index contributed by atoms with van der Waals surface area (Å²) in [7, 11) is 0. The molecule has 2 atom stereocenters. The van der Waals surface area contributed by atoms with Crippen LogP contribution in [0.15, 0.2) is 6.33 Å². The van der Waals surface area contributed by atoms with Gasteiger partial charge < -0.3 is 15.1 Å². The number of aliphatic hydroxyl groups excluding tert-OH is 1. The maximum atomic E-state index is 11.8. The third-order valence-electron chi connectivity index (χ3n) is 2.57. The van der Waals surface area contributed by atoms with Crippen LogP contribution in [0.5, 0.6) is 0 Å². The molecule has 1 aromatic rings. The number of aliphatic hydroxyl groups is 1. The Kier molecular flexibility index (Phi) is 3.00. The molecule has 1 aromatic heterocycles. The molecular formula is C8H11N5O4. The van der Waals surface area contributed by atoms with E-state index < -0.39 is 24.0 Å². The smallest absolute Gasteiger partial charge is 0.326 e. The van der Waals surface area contributed by atoms with Gasteiger partial charge in [-0.05, 0) is 10.4 Å². The van der Waals surface area contributed by atoms with Crippen LogP contribution >= 0.6 is 0 Å². The second-order valence-electron chi connectivity index (χ2n) is 3.80. The molecular weight excluding hydrogens is 230 g/mol. The van der Waals surface area contributed by atoms with Gasteiger partial charge >= 0.3 is 5.97 Å². The van der Waals surface area contributed by atoms with Gasteiger partial charge in [0.2, 0.25) is 5.91 Å². The highest BCUT2D eigenvalue weighted by molar-refractivity contribution is 5.84. The van der Waals surface area contributed by atoms with E-state index in [4.69, 9.17) is 5.11 Å². The molecule has 0 spiro atoms. The number of carboxylic acid groups (broad SMARTS) is 1. The van der Waals surface area contributed by atoms with Crippen LogP contribution in [-0.4, -0.2) is 65.9 Å². The summed E-state index contributed by atoms with van der Waals surface area (Å²) in [5, 5.41) is 28.6. The third-order valence-corrected chi connectivity index (χ3v) is 2.57. The van der Waals surface area contributed by atoms with E-state index in [9.17, 15) is 14.7 Å². The van der Waals surface area contributed by atoms with Gasteiger partial charge in [-0.25, -0.2) is 9.48 Å². The zero-order chi connectivity index (χ0) is 12.4. The second-order valence-corrected chi connectivity index (χ2v) is 3.80. The minimum absolute atomic E-state index is 0.0257. The summed E-state index contributed by atoms with van der Waals surface area (Å²) in [6, 6.07) is -0.978. The Hall–Kier alpha value is -2.03. The first-order chi connectivity index (χ1) is 8.08. The number of nitrogens with zero attached hydrogens (tertiary/aromatic N) is 5. The van der Waals surface area contributed by atoms with Gasteiger partial charge in [0.05, 0.1) is 6.10 Å². The third kappa shape index (κ3) is 2.38. The van der Waals surface area contributed by atoms with Gasteiger partial charge in [-0.1, -0.05) is 0 Å². The lowest BCUT2D eigenvalue weighted by atomic mass is 10.2. The molecule has 9 heteroatoms. The Balaban J connectivity index is 2.05. The molecule has 2 unspecified atom stereocenters. The van der Waals surface area contributed by atoms with Gasteiger partial charge in [0, 0.05) is 13.0 Å². The van der Waals surface area contributed by atoms with E-state index in [1.807, 2.05) is 0 Å². The number of aliphatic carboxylic acids is 1. The van der Waals surface area contributed by atoms with Crippen LogP contribution in [0.25, 0.3) is 0 Å². The summed E-state index contributed by atoms with van der Waals surface area (Å²) < 4.78 is 1.20. The van der Waals surface area contributed by atoms with Crippen molar-refractivity contribution < 1.29 is 19.8 Å². The quantitative estimate of drug-likeness (QED) is 0.611. The fourth-order valence-electron chi connectivity index (χ4n) is 1.81. The summed E-state index contributed by atoms with van der Waals surface area (Å²) in [5.74, 6) is -1.55. The summed E-state index contributed by atoms with van der Waals surface area (Å²) in [4.78, 5) is 23.9. The predicted molar refractivity (Wildman–Crippen MR) is 51.6 cm³/mol. The van der Waals surface area contributed by atoms with E-state index in [0.717, 1.165) is 4.90 Å². The van der Waals surface area contributed by atoms with E-state index in [1.54, 1.807) is 0 Å². The highest BCUT2D eigenvalue weighted by atomic mass is 16.4. The molecule has 0 aromatic carbocycles. The molecule has 2 N–H and O–H groups in total. The van der Waals surface area contributed by atoms with Crippen LogP contribution in [0.3, 0.4) is 0 Å². The van der Waals surface area contributed by atoms with E-state index in [-0.39, 0.29) is 19.5 Å². The van der Waals surface area contributed by atoms with Crippen molar-refractivity contribution in [2.45, 2.75) is 25.1 Å². The first kappa shape index (κ1) is 11.5. The van der Waals surface area contributed by atoms with Crippen LogP contribution < -0.4 is 0 Å². The summed E-state index contributed by atoms with van der Waals surface area (Å²) >= 11 is 0. The number of tetrazole rings is 1. The number of rotatable bonds is 3. The van der Waals surface area contributed by atoms with E-state index >= 15 is 0 Å². The molecule has 1 aliphatic rings. The predicted octanol–water partition coefficient (Wildman–Crippen LogP) is -2.28. The van der Waals surface area contributed by atoms with Crippen molar-refractivity contribution in [1.82, 2.24) is 25.1 Å². The van der Waals surface area contributed by atoms with E-state index in [2.05, 4.69) is 15.5 Å². The van der Waals surface area contributed by atoms with Crippen molar-refractivity contribution in [2.75, 3.05) is 6.54 Å². The van der Waals surface area contributed by atoms with Crippen molar-refractivity contribution in [1.29, 1.82) is 0 Å². The van der Waals surface area contributed by atoms with Crippen LogP contribution in [0.2, 0.25) is 0 Å². The van der Waals surface area contributed by atoms with Crippen LogP contribution in [-0.2, 0) is 16.1 Å². The lowest BCUT2D eigenvalue weighted by molar-refractivity contribution is -0.148. The zero-order valence-corrected chi connectivity index (χ0v) is 8.80. The Morgan fingerprint density at radius 2 is 2.24 bits per heavy atom. The van der Waals surface area contributed by atoms with Crippen molar-refractivity contribution in [3.05, 3.63) is 6.33 Å². The number of carbonyl (C=O) groups excluding carboxylic acids is 1. The Morgan fingerprint density at radius 1 is 1.47 bits per heavy atom. The summed E-state index contributed by atoms with van der Waals surface area (Å²) in [5.41, 5.74) is 0. The van der Waals surface area contributed by atoms with Gasteiger partial charge in [-0.3, -0.25) is 4.79 Å². The zero-order valence-electron chi connectivity index (χ0n) is 8.80. The molecule has 1 aliphatic heterocycles. The lowest BCUT2D eigenvalue weighted by Crippen LogP contribution is -2.42. The topological polar surface area (TPSA) is 121 Å². The lowest BCUT2D eigenvalue weighted by Gasteiger charge is -2.20. The standard InChI is InChI=1S/C8H11N5O4/c14-5-1-6(8(16)17)13(2-5)7(15)3-12-4-9-10-11-12/h4-6,14H,1-3H2,(H,16,17). The van der Waals surface area contributed by atoms with E-state index in [1.165, 1.54) is 11.0 Å². The number of carbonyl (C=O) groups is 2. The number of likely N-dealkylation sites (tertiary alicyclic amines) is 1. The fourth-order valence-corrected chi connectivity index (χ4v) is 1.81. The summed E-state index contributed by atoms with van der Waals surface area (Å²) in [6.45, 7) is -0.110. The van der Waals surface area contributed by atoms with Crippen molar-refractivity contribution >= 4 is 11.9 Å². The minimum Gasteiger partial charge on any atom is -0.480 e. The normalized spacial score (nSPS) is 23.9. The van der Waals surface area contributed by atoms with Gasteiger partial charge in [-0.2, -0.15) is 0 Å². The monoisotopic (exact) mass is 241 g/mol. The molecule has 0 saturated carbocycles.